The highest BCUT2D eigenvalue weighted by Crippen LogP contribution is 2.26. The zero-order chi connectivity index (χ0) is 11.6. The molecule has 1 nitrogen and oxygen atoms in total. The summed E-state index contributed by atoms with van der Waals surface area (Å²) < 4.78 is 5.57. The van der Waals surface area contributed by atoms with Gasteiger partial charge in [0.2, 0.25) is 0 Å². The van der Waals surface area contributed by atoms with Crippen molar-refractivity contribution in [3.8, 4) is 0 Å². The molecule has 1 unspecified atom stereocenters. The molecule has 0 saturated carbocycles. The third kappa shape index (κ3) is 3.03. The molecule has 1 atom stereocenters. The Bertz CT molecular complexity index is 359. The normalized spacial score (nSPS) is 12.3. The Morgan fingerprint density at radius 3 is 2.07 bits per heavy atom. The van der Waals surface area contributed by atoms with Crippen molar-refractivity contribution in [2.75, 3.05) is 0 Å². The zero-order valence-corrected chi connectivity index (χ0v) is 10.9. The van der Waals surface area contributed by atoms with Crippen LogP contribution in [0.4, 0.5) is 0 Å². The van der Waals surface area contributed by atoms with Crippen molar-refractivity contribution >= 4 is 17.3 Å². The van der Waals surface area contributed by atoms with Crippen LogP contribution in [0.15, 0.2) is 12.1 Å². The maximum atomic E-state index is 5.57. The Balaban J connectivity index is 3.08. The smallest absolute Gasteiger partial charge is 0.157 e. The molecule has 0 amide bonds. The Labute approximate surface area is 97.5 Å². The lowest BCUT2D eigenvalue weighted by molar-refractivity contribution is 0.216. The molecule has 82 valence electrons. The minimum Gasteiger partial charge on any atom is -0.480 e. The first-order chi connectivity index (χ1) is 6.91. The number of benzene rings is 1. The molecule has 0 radical (unpaired) electrons. The molecular formula is C13H18OS. The largest absolute Gasteiger partial charge is 0.480 e. The molecule has 1 aromatic rings. The molecule has 15 heavy (non-hydrogen) atoms. The van der Waals surface area contributed by atoms with Gasteiger partial charge >= 0.3 is 0 Å². The van der Waals surface area contributed by atoms with Gasteiger partial charge in [-0.25, -0.2) is 0 Å². The van der Waals surface area contributed by atoms with Crippen molar-refractivity contribution in [2.45, 2.75) is 40.7 Å². The van der Waals surface area contributed by atoms with Crippen molar-refractivity contribution in [3.05, 3.63) is 34.4 Å². The van der Waals surface area contributed by atoms with E-state index in [9.17, 15) is 0 Å². The Morgan fingerprint density at radius 2 is 1.67 bits per heavy atom. The predicted molar refractivity (Wildman–Crippen MR) is 68.4 cm³/mol. The van der Waals surface area contributed by atoms with Gasteiger partial charge in [-0.15, -0.1) is 0 Å². The maximum absolute atomic E-state index is 5.57. The van der Waals surface area contributed by atoms with Crippen molar-refractivity contribution < 1.29 is 4.74 Å². The van der Waals surface area contributed by atoms with Crippen molar-refractivity contribution in [2.24, 2.45) is 0 Å². The van der Waals surface area contributed by atoms with Gasteiger partial charge in [0.05, 0.1) is 0 Å². The average molecular weight is 222 g/mol. The lowest BCUT2D eigenvalue weighted by atomic mass is 9.96. The van der Waals surface area contributed by atoms with E-state index in [4.69, 9.17) is 17.0 Å². The minimum atomic E-state index is 0.0445. The quantitative estimate of drug-likeness (QED) is 0.698. The fourth-order valence-corrected chi connectivity index (χ4v) is 2.28. The van der Waals surface area contributed by atoms with E-state index in [2.05, 4.69) is 32.9 Å². The SMILES string of the molecule is CC(=S)OC(C)c1c(C)cc(C)cc1C. The van der Waals surface area contributed by atoms with Gasteiger partial charge in [-0.1, -0.05) is 17.7 Å². The second-order valence-electron chi connectivity index (χ2n) is 4.06. The summed E-state index contributed by atoms with van der Waals surface area (Å²) >= 11 is 4.96. The van der Waals surface area contributed by atoms with Crippen LogP contribution < -0.4 is 0 Å². The highest BCUT2D eigenvalue weighted by atomic mass is 32.1. The van der Waals surface area contributed by atoms with E-state index in [1.165, 1.54) is 22.3 Å². The van der Waals surface area contributed by atoms with Gasteiger partial charge in [0.1, 0.15) is 6.10 Å². The molecule has 0 spiro atoms. The average Bonchev–Trinajstić information content (AvgIpc) is 1.99. The summed E-state index contributed by atoms with van der Waals surface area (Å²) in [6, 6.07) is 4.36. The van der Waals surface area contributed by atoms with Gasteiger partial charge in [-0.2, -0.15) is 0 Å². The van der Waals surface area contributed by atoms with E-state index in [-0.39, 0.29) is 6.10 Å². The summed E-state index contributed by atoms with van der Waals surface area (Å²) in [5, 5.41) is 0.599. The molecule has 0 saturated heterocycles. The van der Waals surface area contributed by atoms with Gasteiger partial charge in [-0.3, -0.25) is 0 Å². The first kappa shape index (κ1) is 12.2. The molecule has 0 fully saturated rings. The fraction of sp³-hybridized carbons (Fsp3) is 0.462. The van der Waals surface area contributed by atoms with Crippen LogP contribution in [0.1, 0.15) is 42.2 Å². The second kappa shape index (κ2) is 4.75. The molecule has 0 bridgehead atoms. The number of rotatable bonds is 2. The molecule has 0 aliphatic rings. The van der Waals surface area contributed by atoms with Gasteiger partial charge in [-0.05, 0) is 56.6 Å². The van der Waals surface area contributed by atoms with E-state index >= 15 is 0 Å². The van der Waals surface area contributed by atoms with Crippen molar-refractivity contribution in [3.63, 3.8) is 0 Å². The fourth-order valence-electron chi connectivity index (χ4n) is 2.14. The molecule has 0 heterocycles. The molecule has 0 aliphatic carbocycles. The third-order valence-electron chi connectivity index (χ3n) is 2.49. The maximum Gasteiger partial charge on any atom is 0.157 e. The molecule has 0 aromatic heterocycles. The van der Waals surface area contributed by atoms with E-state index < -0.39 is 0 Å². The van der Waals surface area contributed by atoms with Crippen LogP contribution in [0.2, 0.25) is 0 Å². The second-order valence-corrected chi connectivity index (χ2v) is 4.64. The predicted octanol–water partition coefficient (Wildman–Crippen LogP) is 4.04. The van der Waals surface area contributed by atoms with Crippen LogP contribution in [0.5, 0.6) is 0 Å². The molecule has 1 rings (SSSR count). The number of ether oxygens (including phenoxy) is 1. The van der Waals surface area contributed by atoms with Crippen molar-refractivity contribution in [1.82, 2.24) is 0 Å². The minimum absolute atomic E-state index is 0.0445. The molecule has 1 aromatic carbocycles. The lowest BCUT2D eigenvalue weighted by Gasteiger charge is -2.19. The van der Waals surface area contributed by atoms with E-state index in [0.29, 0.717) is 5.05 Å². The van der Waals surface area contributed by atoms with Gasteiger partial charge in [0.25, 0.3) is 0 Å². The monoisotopic (exact) mass is 222 g/mol. The van der Waals surface area contributed by atoms with Crippen molar-refractivity contribution in [1.29, 1.82) is 0 Å². The molecule has 0 N–H and O–H groups in total. The summed E-state index contributed by atoms with van der Waals surface area (Å²) in [6.07, 6.45) is 0.0445. The highest BCUT2D eigenvalue weighted by Gasteiger charge is 2.13. The zero-order valence-electron chi connectivity index (χ0n) is 10.0. The number of thiocarbonyl (C=S) groups is 1. The van der Waals surface area contributed by atoms with Gasteiger partial charge in [0.15, 0.2) is 5.05 Å². The van der Waals surface area contributed by atoms with E-state index in [0.717, 1.165) is 0 Å². The summed E-state index contributed by atoms with van der Waals surface area (Å²) in [4.78, 5) is 0. The number of aryl methyl sites for hydroxylation is 3. The molecule has 2 heteroatoms. The first-order valence-corrected chi connectivity index (χ1v) is 5.57. The van der Waals surface area contributed by atoms with Crippen LogP contribution in [0.3, 0.4) is 0 Å². The topological polar surface area (TPSA) is 9.23 Å². The summed E-state index contributed by atoms with van der Waals surface area (Å²) in [6.45, 7) is 10.2. The van der Waals surface area contributed by atoms with Gasteiger partial charge < -0.3 is 4.74 Å². The first-order valence-electron chi connectivity index (χ1n) is 5.16. The van der Waals surface area contributed by atoms with Crippen LogP contribution in [-0.2, 0) is 4.74 Å². The van der Waals surface area contributed by atoms with Crippen LogP contribution in [0, 0.1) is 20.8 Å². The van der Waals surface area contributed by atoms with E-state index in [1.807, 2.05) is 13.8 Å². The van der Waals surface area contributed by atoms with Gasteiger partial charge in [0, 0.05) is 6.92 Å². The van der Waals surface area contributed by atoms with E-state index in [1.54, 1.807) is 0 Å². The number of hydrogen-bond acceptors (Lipinski definition) is 2. The molecular weight excluding hydrogens is 204 g/mol. The Morgan fingerprint density at radius 1 is 1.20 bits per heavy atom. The summed E-state index contributed by atoms with van der Waals surface area (Å²) in [7, 11) is 0. The lowest BCUT2D eigenvalue weighted by Crippen LogP contribution is -2.07. The van der Waals surface area contributed by atoms with Crippen LogP contribution >= 0.6 is 12.2 Å². The summed E-state index contributed by atoms with van der Waals surface area (Å²) in [5.74, 6) is 0. The number of hydrogen-bond donors (Lipinski definition) is 0. The standard InChI is InChI=1S/C13H18OS/c1-8-6-9(2)13(10(3)7-8)11(4)14-12(5)15/h6-7,11H,1-5H3. The summed E-state index contributed by atoms with van der Waals surface area (Å²) in [5.41, 5.74) is 5.09. The Hall–Kier alpha value is -0.890. The van der Waals surface area contributed by atoms with Crippen LogP contribution in [0.25, 0.3) is 0 Å². The van der Waals surface area contributed by atoms with Crippen LogP contribution in [-0.4, -0.2) is 5.05 Å². The highest BCUT2D eigenvalue weighted by molar-refractivity contribution is 7.80. The Kier molecular flexibility index (Phi) is 3.86. The molecule has 0 aliphatic heterocycles. The third-order valence-corrected chi connectivity index (χ3v) is 2.58.